The van der Waals surface area contributed by atoms with Crippen LogP contribution in [-0.2, 0) is 11.8 Å². The fourth-order valence-electron chi connectivity index (χ4n) is 1.54. The third-order valence-corrected chi connectivity index (χ3v) is 2.22. The summed E-state index contributed by atoms with van der Waals surface area (Å²) in [7, 11) is 1.85. The number of aryl methyl sites for hydroxylation is 1. The van der Waals surface area contributed by atoms with Gasteiger partial charge in [0.05, 0.1) is 6.20 Å². The number of anilines is 2. The van der Waals surface area contributed by atoms with Gasteiger partial charge in [0.15, 0.2) is 0 Å². The van der Waals surface area contributed by atoms with Crippen molar-refractivity contribution in [3.05, 3.63) is 30.6 Å². The molecule has 5 heteroatoms. The zero-order valence-electron chi connectivity index (χ0n) is 8.84. The Morgan fingerprint density at radius 1 is 1.38 bits per heavy atom. The van der Waals surface area contributed by atoms with Gasteiger partial charge in [-0.1, -0.05) is 0 Å². The summed E-state index contributed by atoms with van der Waals surface area (Å²) in [5, 5.41) is 6.66. The lowest BCUT2D eigenvalue weighted by atomic mass is 10.1. The molecule has 82 valence electrons. The Bertz CT molecular complexity index is 518. The van der Waals surface area contributed by atoms with Gasteiger partial charge in [-0.15, -0.1) is 0 Å². The van der Waals surface area contributed by atoms with Crippen LogP contribution in [0.2, 0.25) is 0 Å². The molecule has 0 radical (unpaired) electrons. The van der Waals surface area contributed by atoms with Crippen LogP contribution in [0, 0.1) is 0 Å². The molecule has 16 heavy (non-hydrogen) atoms. The van der Waals surface area contributed by atoms with Gasteiger partial charge in [0, 0.05) is 30.2 Å². The van der Waals surface area contributed by atoms with Crippen LogP contribution in [0.5, 0.6) is 0 Å². The predicted octanol–water partition coefficient (Wildman–Crippen LogP) is 1.24. The van der Waals surface area contributed by atoms with Crippen molar-refractivity contribution in [1.82, 2.24) is 9.78 Å². The number of nitrogens with zero attached hydrogens (tertiary/aromatic N) is 2. The van der Waals surface area contributed by atoms with Gasteiger partial charge in [0.1, 0.15) is 0 Å². The van der Waals surface area contributed by atoms with Crippen molar-refractivity contribution in [3.8, 4) is 11.1 Å². The van der Waals surface area contributed by atoms with Crippen LogP contribution >= 0.6 is 0 Å². The first-order valence-electron chi connectivity index (χ1n) is 4.79. The molecule has 2 rings (SSSR count). The average Bonchev–Trinajstić information content (AvgIpc) is 2.64. The summed E-state index contributed by atoms with van der Waals surface area (Å²) in [6, 6.07) is 5.39. The maximum Gasteiger partial charge on any atom is 0.211 e. The second kappa shape index (κ2) is 4.06. The molecule has 0 saturated heterocycles. The minimum Gasteiger partial charge on any atom is -0.399 e. The van der Waals surface area contributed by atoms with Gasteiger partial charge in [0.25, 0.3) is 0 Å². The normalized spacial score (nSPS) is 10.1. The Morgan fingerprint density at radius 2 is 2.19 bits per heavy atom. The van der Waals surface area contributed by atoms with Crippen molar-refractivity contribution in [3.63, 3.8) is 0 Å². The molecule has 1 aromatic carbocycles. The van der Waals surface area contributed by atoms with E-state index in [1.807, 2.05) is 25.4 Å². The first kappa shape index (κ1) is 10.2. The number of aromatic nitrogens is 2. The summed E-state index contributed by atoms with van der Waals surface area (Å²) in [4.78, 5) is 10.4. The lowest BCUT2D eigenvalue weighted by molar-refractivity contribution is -0.105. The number of carbonyl (C=O) groups is 1. The number of hydrogen-bond donors (Lipinski definition) is 2. The van der Waals surface area contributed by atoms with Crippen LogP contribution in [0.4, 0.5) is 11.4 Å². The number of benzene rings is 1. The molecule has 0 aliphatic heterocycles. The number of hydrogen-bond acceptors (Lipinski definition) is 3. The highest BCUT2D eigenvalue weighted by Gasteiger charge is 2.03. The van der Waals surface area contributed by atoms with Crippen molar-refractivity contribution in [1.29, 1.82) is 0 Å². The van der Waals surface area contributed by atoms with Crippen molar-refractivity contribution in [2.75, 3.05) is 11.1 Å². The largest absolute Gasteiger partial charge is 0.399 e. The number of nitrogens with two attached hydrogens (primary N) is 1. The number of rotatable bonds is 3. The van der Waals surface area contributed by atoms with Gasteiger partial charge in [-0.2, -0.15) is 5.10 Å². The van der Waals surface area contributed by atoms with E-state index in [0.717, 1.165) is 11.1 Å². The van der Waals surface area contributed by atoms with E-state index in [4.69, 9.17) is 5.73 Å². The van der Waals surface area contributed by atoms with Crippen molar-refractivity contribution in [2.45, 2.75) is 0 Å². The molecule has 0 unspecified atom stereocenters. The molecule has 1 heterocycles. The van der Waals surface area contributed by atoms with Crippen LogP contribution in [0.25, 0.3) is 11.1 Å². The molecule has 2 aromatic rings. The van der Waals surface area contributed by atoms with Crippen LogP contribution in [0.15, 0.2) is 30.6 Å². The highest BCUT2D eigenvalue weighted by molar-refractivity contribution is 5.78. The molecule has 0 fully saturated rings. The summed E-state index contributed by atoms with van der Waals surface area (Å²) < 4.78 is 1.71. The molecule has 0 bridgehead atoms. The van der Waals surface area contributed by atoms with Gasteiger partial charge in [-0.3, -0.25) is 9.48 Å². The first-order chi connectivity index (χ1) is 7.69. The van der Waals surface area contributed by atoms with E-state index in [1.165, 1.54) is 0 Å². The first-order valence-corrected chi connectivity index (χ1v) is 4.79. The van der Waals surface area contributed by atoms with E-state index in [9.17, 15) is 4.79 Å². The predicted molar refractivity (Wildman–Crippen MR) is 62.7 cm³/mol. The number of nitrogens with one attached hydrogen (secondary N) is 1. The summed E-state index contributed by atoms with van der Waals surface area (Å²) in [5.74, 6) is 0. The van der Waals surface area contributed by atoms with Crippen LogP contribution in [0.3, 0.4) is 0 Å². The molecule has 0 saturated carbocycles. The quantitative estimate of drug-likeness (QED) is 0.598. The standard InChI is InChI=1S/C11H12N4O/c1-15-6-9(5-14-15)8-2-10(12)4-11(3-8)13-7-16/h2-7H,12H2,1H3,(H,13,16). The number of nitrogen functional groups attached to an aromatic ring is 1. The number of amides is 1. The van der Waals surface area contributed by atoms with E-state index < -0.39 is 0 Å². The molecular formula is C11H12N4O. The van der Waals surface area contributed by atoms with Gasteiger partial charge in [-0.05, 0) is 23.8 Å². The molecule has 3 N–H and O–H groups in total. The van der Waals surface area contributed by atoms with E-state index in [1.54, 1.807) is 16.9 Å². The average molecular weight is 216 g/mol. The SMILES string of the molecule is Cn1cc(-c2cc(N)cc(NC=O)c2)cn1. The van der Waals surface area contributed by atoms with E-state index in [2.05, 4.69) is 10.4 Å². The van der Waals surface area contributed by atoms with Crippen LogP contribution < -0.4 is 11.1 Å². The zero-order valence-corrected chi connectivity index (χ0v) is 8.84. The Hall–Kier alpha value is -2.30. The van der Waals surface area contributed by atoms with Crippen LogP contribution in [-0.4, -0.2) is 16.2 Å². The summed E-state index contributed by atoms with van der Waals surface area (Å²) in [6.07, 6.45) is 4.26. The molecule has 1 aromatic heterocycles. The number of carbonyl (C=O) groups excluding carboxylic acids is 1. The van der Waals surface area contributed by atoms with Crippen molar-refractivity contribution < 1.29 is 4.79 Å². The Labute approximate surface area is 92.9 Å². The van der Waals surface area contributed by atoms with Gasteiger partial charge in [0.2, 0.25) is 6.41 Å². The molecular weight excluding hydrogens is 204 g/mol. The lowest BCUT2D eigenvalue weighted by Gasteiger charge is -2.04. The summed E-state index contributed by atoms with van der Waals surface area (Å²) in [6.45, 7) is 0. The fraction of sp³-hybridized carbons (Fsp3) is 0.0909. The van der Waals surface area contributed by atoms with Crippen molar-refractivity contribution >= 4 is 17.8 Å². The Balaban J connectivity index is 2.44. The maximum atomic E-state index is 10.4. The zero-order chi connectivity index (χ0) is 11.5. The maximum absolute atomic E-state index is 10.4. The Kier molecular flexibility index (Phi) is 2.59. The molecule has 0 atom stereocenters. The monoisotopic (exact) mass is 216 g/mol. The van der Waals surface area contributed by atoms with E-state index >= 15 is 0 Å². The second-order valence-corrected chi connectivity index (χ2v) is 3.51. The van der Waals surface area contributed by atoms with E-state index in [0.29, 0.717) is 17.8 Å². The third-order valence-electron chi connectivity index (χ3n) is 2.22. The molecule has 0 aliphatic carbocycles. The summed E-state index contributed by atoms with van der Waals surface area (Å²) in [5.41, 5.74) is 8.92. The van der Waals surface area contributed by atoms with Gasteiger partial charge >= 0.3 is 0 Å². The summed E-state index contributed by atoms with van der Waals surface area (Å²) >= 11 is 0. The van der Waals surface area contributed by atoms with Gasteiger partial charge in [-0.25, -0.2) is 0 Å². The van der Waals surface area contributed by atoms with Crippen LogP contribution in [0.1, 0.15) is 0 Å². The highest BCUT2D eigenvalue weighted by Crippen LogP contribution is 2.25. The molecule has 0 spiro atoms. The van der Waals surface area contributed by atoms with E-state index in [-0.39, 0.29) is 0 Å². The Morgan fingerprint density at radius 3 is 2.81 bits per heavy atom. The fourth-order valence-corrected chi connectivity index (χ4v) is 1.54. The minimum absolute atomic E-state index is 0.603. The minimum atomic E-state index is 0.603. The molecule has 0 aliphatic rings. The van der Waals surface area contributed by atoms with Crippen molar-refractivity contribution in [2.24, 2.45) is 7.05 Å². The second-order valence-electron chi connectivity index (χ2n) is 3.51. The molecule has 5 nitrogen and oxygen atoms in total. The smallest absolute Gasteiger partial charge is 0.211 e. The lowest BCUT2D eigenvalue weighted by Crippen LogP contribution is -1.96. The highest BCUT2D eigenvalue weighted by atomic mass is 16.1. The van der Waals surface area contributed by atoms with Gasteiger partial charge < -0.3 is 11.1 Å². The topological polar surface area (TPSA) is 72.9 Å². The molecule has 1 amide bonds. The third kappa shape index (κ3) is 2.03.